The number of rotatable bonds is 7. The van der Waals surface area contributed by atoms with Gasteiger partial charge in [-0.1, -0.05) is 57.0 Å². The fraction of sp³-hybridized carbons (Fsp3) is 0.684. The van der Waals surface area contributed by atoms with Crippen LogP contribution in [0.1, 0.15) is 58.6 Å². The van der Waals surface area contributed by atoms with Crippen molar-refractivity contribution in [3.05, 3.63) is 35.9 Å². The van der Waals surface area contributed by atoms with Gasteiger partial charge in [0.05, 0.1) is 0 Å². The minimum absolute atomic E-state index is 0.498. The maximum atomic E-state index is 3.98. The molecule has 21 heavy (non-hydrogen) atoms. The minimum Gasteiger partial charge on any atom is -0.306 e. The summed E-state index contributed by atoms with van der Waals surface area (Å²) in [4.78, 5) is 2.59. The van der Waals surface area contributed by atoms with E-state index in [9.17, 15) is 0 Å². The fourth-order valence-electron chi connectivity index (χ4n) is 3.57. The molecule has 1 aliphatic rings. The summed E-state index contributed by atoms with van der Waals surface area (Å²) in [6.45, 7) is 11.7. The van der Waals surface area contributed by atoms with Gasteiger partial charge in [-0.3, -0.25) is 4.90 Å². The fourth-order valence-corrected chi connectivity index (χ4v) is 3.57. The van der Waals surface area contributed by atoms with Gasteiger partial charge in [-0.2, -0.15) is 0 Å². The molecule has 118 valence electrons. The summed E-state index contributed by atoms with van der Waals surface area (Å²) in [5.74, 6) is 0.723. The van der Waals surface area contributed by atoms with Gasteiger partial charge in [0.1, 0.15) is 0 Å². The van der Waals surface area contributed by atoms with Gasteiger partial charge < -0.3 is 5.32 Å². The summed E-state index contributed by atoms with van der Waals surface area (Å²) in [5, 5.41) is 3.98. The molecular weight excluding hydrogens is 256 g/mol. The standard InChI is InChI=1S/C19H32N2/c1-5-16(6-2)19(17-10-8-7-9-11-17)20-18-12-13-21(14-18)15(3)4/h7-11,15-16,18-20H,5-6,12-14H2,1-4H3. The molecule has 0 aromatic heterocycles. The summed E-state index contributed by atoms with van der Waals surface area (Å²) in [5.41, 5.74) is 1.45. The van der Waals surface area contributed by atoms with Gasteiger partial charge in [-0.25, -0.2) is 0 Å². The SMILES string of the molecule is CCC(CC)C(NC1CCN(C(C)C)C1)c1ccccc1. The second-order valence-corrected chi connectivity index (χ2v) is 6.71. The highest BCUT2D eigenvalue weighted by Crippen LogP contribution is 2.29. The topological polar surface area (TPSA) is 15.3 Å². The van der Waals surface area contributed by atoms with Crippen LogP contribution in [0, 0.1) is 5.92 Å². The summed E-state index contributed by atoms with van der Waals surface area (Å²) in [6.07, 6.45) is 3.76. The molecule has 0 bridgehead atoms. The highest BCUT2D eigenvalue weighted by molar-refractivity contribution is 5.20. The predicted octanol–water partition coefficient (Wildman–Crippen LogP) is 4.24. The van der Waals surface area contributed by atoms with E-state index in [0.29, 0.717) is 18.1 Å². The lowest BCUT2D eigenvalue weighted by Gasteiger charge is -2.30. The van der Waals surface area contributed by atoms with Crippen LogP contribution in [0.15, 0.2) is 30.3 Å². The third-order valence-corrected chi connectivity index (χ3v) is 5.04. The lowest BCUT2D eigenvalue weighted by Crippen LogP contribution is -2.39. The minimum atomic E-state index is 0.498. The van der Waals surface area contributed by atoms with Crippen molar-refractivity contribution >= 4 is 0 Å². The van der Waals surface area contributed by atoms with E-state index in [0.717, 1.165) is 5.92 Å². The Morgan fingerprint density at radius 1 is 1.14 bits per heavy atom. The molecule has 1 heterocycles. The van der Waals surface area contributed by atoms with Crippen molar-refractivity contribution < 1.29 is 0 Å². The number of hydrogen-bond acceptors (Lipinski definition) is 2. The largest absolute Gasteiger partial charge is 0.306 e. The first-order valence-corrected chi connectivity index (χ1v) is 8.70. The zero-order valence-corrected chi connectivity index (χ0v) is 14.2. The Morgan fingerprint density at radius 2 is 1.81 bits per heavy atom. The predicted molar refractivity (Wildman–Crippen MR) is 91.5 cm³/mol. The van der Waals surface area contributed by atoms with Gasteiger partial charge in [0.15, 0.2) is 0 Å². The van der Waals surface area contributed by atoms with E-state index in [-0.39, 0.29) is 0 Å². The molecule has 2 unspecified atom stereocenters. The van der Waals surface area contributed by atoms with Crippen molar-refractivity contribution in [2.24, 2.45) is 5.92 Å². The maximum Gasteiger partial charge on any atom is 0.0351 e. The molecule has 2 heteroatoms. The molecule has 1 fully saturated rings. The van der Waals surface area contributed by atoms with Crippen LogP contribution in [0.2, 0.25) is 0 Å². The van der Waals surface area contributed by atoms with Crippen LogP contribution in [0.25, 0.3) is 0 Å². The third-order valence-electron chi connectivity index (χ3n) is 5.04. The van der Waals surface area contributed by atoms with Crippen LogP contribution < -0.4 is 5.32 Å². The zero-order chi connectivity index (χ0) is 15.2. The highest BCUT2D eigenvalue weighted by atomic mass is 15.2. The normalized spacial score (nSPS) is 21.3. The van der Waals surface area contributed by atoms with E-state index in [1.54, 1.807) is 0 Å². The Hall–Kier alpha value is -0.860. The van der Waals surface area contributed by atoms with E-state index in [1.165, 1.54) is 37.9 Å². The molecule has 2 nitrogen and oxygen atoms in total. The average molecular weight is 288 g/mol. The van der Waals surface area contributed by atoms with Crippen LogP contribution in [-0.2, 0) is 0 Å². The van der Waals surface area contributed by atoms with Crippen LogP contribution >= 0.6 is 0 Å². The summed E-state index contributed by atoms with van der Waals surface area (Å²) < 4.78 is 0. The van der Waals surface area contributed by atoms with Crippen molar-refractivity contribution in [2.45, 2.75) is 65.1 Å². The number of benzene rings is 1. The molecule has 1 aromatic rings. The molecule has 0 spiro atoms. The van der Waals surface area contributed by atoms with Crippen LogP contribution in [0.3, 0.4) is 0 Å². The van der Waals surface area contributed by atoms with E-state index >= 15 is 0 Å². The van der Waals surface area contributed by atoms with Gasteiger partial charge in [-0.15, -0.1) is 0 Å². The Balaban J connectivity index is 2.07. The van der Waals surface area contributed by atoms with Crippen molar-refractivity contribution in [1.82, 2.24) is 10.2 Å². The Bertz CT molecular complexity index is 397. The van der Waals surface area contributed by atoms with Crippen LogP contribution in [0.4, 0.5) is 0 Å². The number of nitrogens with one attached hydrogen (secondary N) is 1. The first-order valence-electron chi connectivity index (χ1n) is 8.70. The Labute approximate surface area is 130 Å². The number of hydrogen-bond donors (Lipinski definition) is 1. The molecule has 0 amide bonds. The van der Waals surface area contributed by atoms with Crippen LogP contribution in [0.5, 0.6) is 0 Å². The smallest absolute Gasteiger partial charge is 0.0351 e. The molecule has 0 radical (unpaired) electrons. The molecule has 0 aliphatic carbocycles. The lowest BCUT2D eigenvalue weighted by molar-refractivity contribution is 0.255. The van der Waals surface area contributed by atoms with Crippen molar-refractivity contribution in [3.63, 3.8) is 0 Å². The van der Waals surface area contributed by atoms with Gasteiger partial charge in [0, 0.05) is 24.7 Å². The van der Waals surface area contributed by atoms with Crippen molar-refractivity contribution in [2.75, 3.05) is 13.1 Å². The summed E-state index contributed by atoms with van der Waals surface area (Å²) >= 11 is 0. The number of nitrogens with zero attached hydrogens (tertiary/aromatic N) is 1. The van der Waals surface area contributed by atoms with Gasteiger partial charge in [-0.05, 0) is 38.3 Å². The van der Waals surface area contributed by atoms with Gasteiger partial charge in [0.25, 0.3) is 0 Å². The van der Waals surface area contributed by atoms with E-state index < -0.39 is 0 Å². The number of likely N-dealkylation sites (tertiary alicyclic amines) is 1. The molecular formula is C19H32N2. The molecule has 0 saturated carbocycles. The first-order chi connectivity index (χ1) is 10.2. The maximum absolute atomic E-state index is 3.98. The van der Waals surface area contributed by atoms with Gasteiger partial charge in [0.2, 0.25) is 0 Å². The second-order valence-electron chi connectivity index (χ2n) is 6.71. The van der Waals surface area contributed by atoms with Crippen molar-refractivity contribution in [3.8, 4) is 0 Å². The molecule has 1 N–H and O–H groups in total. The average Bonchev–Trinajstić information content (AvgIpc) is 2.97. The van der Waals surface area contributed by atoms with E-state index in [1.807, 2.05) is 0 Å². The molecule has 2 atom stereocenters. The Kier molecular flexibility index (Phi) is 6.25. The molecule has 1 aromatic carbocycles. The second kappa shape index (κ2) is 7.95. The first kappa shape index (κ1) is 16.5. The third kappa shape index (κ3) is 4.31. The van der Waals surface area contributed by atoms with Crippen LogP contribution in [-0.4, -0.2) is 30.1 Å². The highest BCUT2D eigenvalue weighted by Gasteiger charge is 2.28. The molecule has 1 aliphatic heterocycles. The monoisotopic (exact) mass is 288 g/mol. The lowest BCUT2D eigenvalue weighted by atomic mass is 9.88. The van der Waals surface area contributed by atoms with E-state index in [4.69, 9.17) is 0 Å². The van der Waals surface area contributed by atoms with Gasteiger partial charge >= 0.3 is 0 Å². The molecule has 1 saturated heterocycles. The van der Waals surface area contributed by atoms with Crippen molar-refractivity contribution in [1.29, 1.82) is 0 Å². The summed E-state index contributed by atoms with van der Waals surface area (Å²) in [7, 11) is 0. The summed E-state index contributed by atoms with van der Waals surface area (Å²) in [6, 6.07) is 12.8. The van der Waals surface area contributed by atoms with E-state index in [2.05, 4.69) is 68.2 Å². The Morgan fingerprint density at radius 3 is 2.33 bits per heavy atom. The zero-order valence-electron chi connectivity index (χ0n) is 14.2. The quantitative estimate of drug-likeness (QED) is 0.807. The molecule has 2 rings (SSSR count).